The molecule has 0 atom stereocenters. The molecule has 0 aliphatic heterocycles. The Bertz CT molecular complexity index is 621. The maximum Gasteiger partial charge on any atom is 0.255 e. The van der Waals surface area contributed by atoms with Crippen molar-refractivity contribution >= 4 is 22.8 Å². The third kappa shape index (κ3) is 9.32. The summed E-state index contributed by atoms with van der Waals surface area (Å²) in [5.41, 5.74) is 0. The molecule has 0 aliphatic rings. The van der Waals surface area contributed by atoms with Crippen LogP contribution in [0.15, 0.2) is 37.9 Å². The lowest BCUT2D eigenvalue weighted by molar-refractivity contribution is -0.573. The van der Waals surface area contributed by atoms with Gasteiger partial charge in [-0.3, -0.25) is 8.42 Å². The van der Waals surface area contributed by atoms with E-state index < -0.39 is 10.4 Å². The van der Waals surface area contributed by atoms with Crippen molar-refractivity contribution in [3.63, 3.8) is 0 Å². The molecule has 0 amide bonds. The molecule has 0 aromatic carbocycles. The van der Waals surface area contributed by atoms with Crippen LogP contribution in [0.25, 0.3) is 12.4 Å². The zero-order chi connectivity index (χ0) is 16.5. The lowest BCUT2D eigenvalue weighted by Gasteiger charge is -2.06. The van der Waals surface area contributed by atoms with Crippen molar-refractivity contribution in [2.24, 2.45) is 0 Å². The first-order valence-corrected chi connectivity index (χ1v) is 7.04. The number of nitrogens with zero attached hydrogens (tertiary/aromatic N) is 2. The number of aromatic nitrogens is 4. The van der Waals surface area contributed by atoms with Crippen molar-refractivity contribution in [1.82, 2.24) is 9.97 Å². The predicted octanol–water partition coefficient (Wildman–Crippen LogP) is 0.0842. The van der Waals surface area contributed by atoms with Crippen LogP contribution in [-0.4, -0.2) is 27.5 Å². The van der Waals surface area contributed by atoms with Crippen molar-refractivity contribution in [2.45, 2.75) is 13.8 Å². The number of imidazole rings is 2. The summed E-state index contributed by atoms with van der Waals surface area (Å²) >= 11 is 0. The minimum atomic E-state index is -5.17. The van der Waals surface area contributed by atoms with Crippen molar-refractivity contribution in [1.29, 1.82) is 0 Å². The van der Waals surface area contributed by atoms with Gasteiger partial charge < -0.3 is 9.11 Å². The highest BCUT2D eigenvalue weighted by Gasteiger charge is 1.96. The van der Waals surface area contributed by atoms with Gasteiger partial charge in [0.05, 0.1) is 12.4 Å². The number of aromatic amines is 2. The van der Waals surface area contributed by atoms with Crippen LogP contribution in [0.4, 0.5) is 0 Å². The Balaban J connectivity index is 0.000000296. The highest BCUT2D eigenvalue weighted by atomic mass is 32.3. The Labute approximate surface area is 123 Å². The zero-order valence-corrected chi connectivity index (χ0v) is 12.6. The number of hydrogen-bond acceptors (Lipinski definition) is 4. The summed E-state index contributed by atoms with van der Waals surface area (Å²) < 4.78 is 37.9. The van der Waals surface area contributed by atoms with Gasteiger partial charge in [-0.1, -0.05) is 13.2 Å². The van der Waals surface area contributed by atoms with Crippen molar-refractivity contribution in [3.05, 3.63) is 49.6 Å². The molecule has 0 fully saturated rings. The maximum atomic E-state index is 8.52. The largest absolute Gasteiger partial charge is 0.759 e. The number of nitrogens with one attached hydrogen (secondary N) is 2. The standard InChI is InChI=1S/2C6H8N2.H2O4S/c2*1-3-8-5-4-7-6(8)2;1-5(2,3)4/h2*3-5H,1H2,2H3;(H2,1,2,3,4). The molecule has 0 saturated carbocycles. The molecule has 0 unspecified atom stereocenters. The third-order valence-corrected chi connectivity index (χ3v) is 2.22. The summed E-state index contributed by atoms with van der Waals surface area (Å²) in [5.74, 6) is 2.19. The Morgan fingerprint density at radius 1 is 1.00 bits per heavy atom. The maximum absolute atomic E-state index is 8.52. The molecule has 9 heteroatoms. The number of hydrogen-bond donors (Lipinski definition) is 2. The molecule has 0 radical (unpaired) electrons. The second-order valence-electron chi connectivity index (χ2n) is 3.68. The number of rotatable bonds is 2. The zero-order valence-electron chi connectivity index (χ0n) is 11.8. The molecule has 21 heavy (non-hydrogen) atoms. The van der Waals surface area contributed by atoms with Crippen LogP contribution in [0.2, 0.25) is 0 Å². The molecule has 0 saturated heterocycles. The normalized spacial score (nSPS) is 9.71. The van der Waals surface area contributed by atoms with E-state index >= 15 is 0 Å². The summed E-state index contributed by atoms with van der Waals surface area (Å²) in [7, 11) is -5.17. The highest BCUT2D eigenvalue weighted by molar-refractivity contribution is 7.79. The molecular weight excluding hydrogens is 296 g/mol. The second-order valence-corrected chi connectivity index (χ2v) is 4.50. The molecule has 2 aromatic heterocycles. The van der Waals surface area contributed by atoms with Gasteiger partial charge in [0.2, 0.25) is 0 Å². The van der Waals surface area contributed by atoms with Crippen molar-refractivity contribution in [3.8, 4) is 0 Å². The van der Waals surface area contributed by atoms with Gasteiger partial charge in [-0.05, 0) is 0 Å². The lowest BCUT2D eigenvalue weighted by Crippen LogP contribution is -2.25. The van der Waals surface area contributed by atoms with E-state index in [1.807, 2.05) is 47.8 Å². The van der Waals surface area contributed by atoms with Gasteiger partial charge in [0.25, 0.3) is 11.6 Å². The monoisotopic (exact) mass is 314 g/mol. The van der Waals surface area contributed by atoms with Gasteiger partial charge in [-0.2, -0.15) is 0 Å². The van der Waals surface area contributed by atoms with Gasteiger partial charge in [0.15, 0.2) is 0 Å². The van der Waals surface area contributed by atoms with Crippen LogP contribution in [0.5, 0.6) is 0 Å². The first-order valence-electron chi connectivity index (χ1n) is 5.71. The summed E-state index contributed by atoms with van der Waals surface area (Å²) in [6, 6.07) is 0. The smallest absolute Gasteiger partial charge is 0.255 e. The Morgan fingerprint density at radius 3 is 1.38 bits per heavy atom. The van der Waals surface area contributed by atoms with Crippen LogP contribution in [0, 0.1) is 13.8 Å². The van der Waals surface area contributed by atoms with Crippen LogP contribution in [0.1, 0.15) is 11.6 Å². The molecule has 2 rings (SSSR count). The topological polar surface area (TPSA) is 120 Å². The van der Waals surface area contributed by atoms with Gasteiger partial charge in [0.1, 0.15) is 24.8 Å². The molecule has 0 spiro atoms. The molecule has 0 bridgehead atoms. The van der Waals surface area contributed by atoms with Gasteiger partial charge in [0, 0.05) is 24.2 Å². The first-order chi connectivity index (χ1) is 9.69. The summed E-state index contributed by atoms with van der Waals surface area (Å²) in [6.07, 6.45) is 11.1. The quantitative estimate of drug-likeness (QED) is 0.463. The van der Waals surface area contributed by atoms with E-state index in [4.69, 9.17) is 17.5 Å². The van der Waals surface area contributed by atoms with Crippen LogP contribution >= 0.6 is 0 Å². The van der Waals surface area contributed by atoms with Gasteiger partial charge in [-0.25, -0.2) is 19.1 Å². The van der Waals surface area contributed by atoms with E-state index in [1.165, 1.54) is 0 Å². The predicted molar refractivity (Wildman–Crippen MR) is 74.7 cm³/mol. The van der Waals surface area contributed by atoms with E-state index in [2.05, 4.69) is 23.1 Å². The average Bonchev–Trinajstić information content (AvgIpc) is 2.96. The fourth-order valence-corrected chi connectivity index (χ4v) is 1.24. The molecule has 2 heterocycles. The Morgan fingerprint density at radius 2 is 1.29 bits per heavy atom. The minimum Gasteiger partial charge on any atom is -0.759 e. The molecule has 116 valence electrons. The van der Waals surface area contributed by atoms with E-state index in [1.54, 1.807) is 12.4 Å². The first kappa shape index (κ1) is 18.8. The SMILES string of the molecule is C=C[n+]1cc[nH]c1C.C=C[n+]1cc[nH]c1C.O=S(=O)([O-])[O-]. The Kier molecular flexibility index (Phi) is 7.91. The highest BCUT2D eigenvalue weighted by Crippen LogP contribution is 1.79. The van der Waals surface area contributed by atoms with Crippen molar-refractivity contribution < 1.29 is 26.7 Å². The van der Waals surface area contributed by atoms with Crippen molar-refractivity contribution in [2.75, 3.05) is 0 Å². The molecular formula is C12H18N4O4S. The fourth-order valence-electron chi connectivity index (χ4n) is 1.24. The van der Waals surface area contributed by atoms with Gasteiger partial charge in [-0.15, -0.1) is 0 Å². The molecule has 0 aliphatic carbocycles. The number of aryl methyl sites for hydroxylation is 2. The van der Waals surface area contributed by atoms with Crippen LogP contribution in [-0.2, 0) is 10.4 Å². The summed E-state index contributed by atoms with van der Waals surface area (Å²) in [6.45, 7) is 11.2. The van der Waals surface area contributed by atoms with E-state index in [0.717, 1.165) is 11.6 Å². The summed E-state index contributed by atoms with van der Waals surface area (Å²) in [4.78, 5) is 6.02. The minimum absolute atomic E-state index is 1.10. The average molecular weight is 314 g/mol. The number of H-pyrrole nitrogens is 2. The Hall–Kier alpha value is -2.23. The fraction of sp³-hybridized carbons (Fsp3) is 0.167. The second kappa shape index (κ2) is 8.84. The third-order valence-electron chi connectivity index (χ3n) is 2.22. The van der Waals surface area contributed by atoms with E-state index in [0.29, 0.717) is 0 Å². The van der Waals surface area contributed by atoms with Crippen LogP contribution < -0.4 is 9.13 Å². The summed E-state index contributed by atoms with van der Waals surface area (Å²) in [5, 5.41) is 0. The van der Waals surface area contributed by atoms with Crippen LogP contribution in [0.3, 0.4) is 0 Å². The van der Waals surface area contributed by atoms with E-state index in [9.17, 15) is 0 Å². The van der Waals surface area contributed by atoms with Gasteiger partial charge >= 0.3 is 0 Å². The lowest BCUT2D eigenvalue weighted by atomic mass is 10.7. The molecule has 8 nitrogen and oxygen atoms in total. The molecule has 2 aromatic rings. The molecule has 2 N–H and O–H groups in total. The van der Waals surface area contributed by atoms with E-state index in [-0.39, 0.29) is 0 Å².